The molecule has 0 fully saturated rings. The van der Waals surface area contributed by atoms with Gasteiger partial charge in [-0.25, -0.2) is 4.39 Å². The van der Waals surface area contributed by atoms with Gasteiger partial charge >= 0.3 is 0 Å². The molecule has 1 amide bonds. The smallest absolute Gasteiger partial charge is 0.273 e. The van der Waals surface area contributed by atoms with Crippen LogP contribution in [0.25, 0.3) is 0 Å². The van der Waals surface area contributed by atoms with Crippen molar-refractivity contribution in [3.63, 3.8) is 0 Å². The number of carbonyl (C=O) groups excluding carboxylic acids is 1. The Bertz CT molecular complexity index is 703. The third-order valence-corrected chi connectivity index (χ3v) is 2.77. The van der Waals surface area contributed by atoms with Crippen molar-refractivity contribution in [2.75, 3.05) is 5.32 Å². The summed E-state index contributed by atoms with van der Waals surface area (Å²) in [4.78, 5) is 22.1. The highest BCUT2D eigenvalue weighted by Crippen LogP contribution is 2.21. The summed E-state index contributed by atoms with van der Waals surface area (Å²) in [5.74, 6) is -1.64. The van der Waals surface area contributed by atoms with Crippen LogP contribution in [-0.4, -0.2) is 15.9 Å². The van der Waals surface area contributed by atoms with Crippen molar-refractivity contribution in [3.8, 4) is 5.75 Å². The molecule has 21 heavy (non-hydrogen) atoms. The molecule has 0 atom stereocenters. The van der Waals surface area contributed by atoms with E-state index in [1.807, 2.05) is 0 Å². The highest BCUT2D eigenvalue weighted by molar-refractivity contribution is 5.93. The molecule has 0 heterocycles. The number of anilines is 1. The van der Waals surface area contributed by atoms with Gasteiger partial charge in [0.05, 0.1) is 17.0 Å². The number of nitro benzene ring substituents is 1. The fourth-order valence-electron chi connectivity index (χ4n) is 1.81. The summed E-state index contributed by atoms with van der Waals surface area (Å²) in [5, 5.41) is 22.2. The fourth-order valence-corrected chi connectivity index (χ4v) is 1.81. The average molecular weight is 290 g/mol. The lowest BCUT2D eigenvalue weighted by molar-refractivity contribution is -0.385. The predicted octanol–water partition coefficient (Wildman–Crippen LogP) is 2.62. The molecule has 6 nitrogen and oxygen atoms in total. The Balaban J connectivity index is 2.14. The van der Waals surface area contributed by atoms with Crippen molar-refractivity contribution >= 4 is 17.3 Å². The molecule has 7 heteroatoms. The highest BCUT2D eigenvalue weighted by atomic mass is 19.1. The van der Waals surface area contributed by atoms with E-state index < -0.39 is 16.6 Å². The van der Waals surface area contributed by atoms with Gasteiger partial charge in [0, 0.05) is 17.7 Å². The summed E-state index contributed by atoms with van der Waals surface area (Å²) >= 11 is 0. The van der Waals surface area contributed by atoms with E-state index in [-0.39, 0.29) is 29.1 Å². The molecule has 0 saturated heterocycles. The first-order valence-electron chi connectivity index (χ1n) is 5.98. The first-order chi connectivity index (χ1) is 9.97. The number of phenolic OH excluding ortho intramolecular Hbond substituents is 1. The number of benzene rings is 2. The molecule has 0 radical (unpaired) electrons. The summed E-state index contributed by atoms with van der Waals surface area (Å²) in [6.07, 6.45) is -0.253. The summed E-state index contributed by atoms with van der Waals surface area (Å²) in [6, 6.07) is 9.14. The van der Waals surface area contributed by atoms with E-state index >= 15 is 0 Å². The van der Waals surface area contributed by atoms with Gasteiger partial charge in [-0.2, -0.15) is 0 Å². The minimum atomic E-state index is -0.786. The van der Waals surface area contributed by atoms with E-state index in [1.54, 1.807) is 6.07 Å². The average Bonchev–Trinajstić information content (AvgIpc) is 2.42. The van der Waals surface area contributed by atoms with Crippen LogP contribution in [0.5, 0.6) is 5.75 Å². The number of hydrogen-bond donors (Lipinski definition) is 2. The lowest BCUT2D eigenvalue weighted by Gasteiger charge is -2.07. The monoisotopic (exact) mass is 290 g/mol. The number of nitrogens with one attached hydrogen (secondary N) is 1. The number of amides is 1. The third kappa shape index (κ3) is 3.53. The van der Waals surface area contributed by atoms with E-state index in [0.29, 0.717) is 0 Å². The molecule has 108 valence electrons. The maximum atomic E-state index is 13.5. The van der Waals surface area contributed by atoms with Gasteiger partial charge in [-0.15, -0.1) is 0 Å². The lowest BCUT2D eigenvalue weighted by atomic mass is 10.1. The molecular weight excluding hydrogens is 279 g/mol. The topological polar surface area (TPSA) is 92.5 Å². The summed E-state index contributed by atoms with van der Waals surface area (Å²) in [6.45, 7) is 0. The Morgan fingerprint density at radius 3 is 2.67 bits per heavy atom. The minimum absolute atomic E-state index is 0.101. The zero-order valence-corrected chi connectivity index (χ0v) is 10.7. The van der Waals surface area contributed by atoms with Crippen molar-refractivity contribution in [1.82, 2.24) is 0 Å². The van der Waals surface area contributed by atoms with Crippen LogP contribution in [0.2, 0.25) is 0 Å². The number of nitrogens with zero attached hydrogens (tertiary/aromatic N) is 1. The van der Waals surface area contributed by atoms with Crippen LogP contribution in [-0.2, 0) is 11.2 Å². The predicted molar refractivity (Wildman–Crippen MR) is 73.5 cm³/mol. The van der Waals surface area contributed by atoms with Crippen LogP contribution in [0.1, 0.15) is 5.56 Å². The fraction of sp³-hybridized carbons (Fsp3) is 0.0714. The van der Waals surface area contributed by atoms with Crippen molar-refractivity contribution in [2.45, 2.75) is 6.42 Å². The number of carbonyl (C=O) groups is 1. The Morgan fingerprint density at radius 2 is 2.00 bits per heavy atom. The van der Waals surface area contributed by atoms with Crippen LogP contribution in [0, 0.1) is 15.9 Å². The van der Waals surface area contributed by atoms with Crippen LogP contribution in [0.15, 0.2) is 42.5 Å². The molecule has 0 aromatic heterocycles. The van der Waals surface area contributed by atoms with Gasteiger partial charge in [-0.05, 0) is 12.1 Å². The normalized spacial score (nSPS) is 10.1. The molecule has 0 bridgehead atoms. The molecule has 0 aliphatic heterocycles. The molecular formula is C14H11FN2O4. The van der Waals surface area contributed by atoms with E-state index in [1.165, 1.54) is 30.3 Å². The number of nitro groups is 1. The number of para-hydroxylation sites is 1. The van der Waals surface area contributed by atoms with Crippen LogP contribution in [0.4, 0.5) is 15.8 Å². The molecule has 2 rings (SSSR count). The zero-order chi connectivity index (χ0) is 15.4. The number of aromatic hydroxyl groups is 1. The van der Waals surface area contributed by atoms with Crippen molar-refractivity contribution in [1.29, 1.82) is 0 Å². The zero-order valence-electron chi connectivity index (χ0n) is 10.7. The second kappa shape index (κ2) is 6.00. The summed E-state index contributed by atoms with van der Waals surface area (Å²) in [7, 11) is 0. The van der Waals surface area contributed by atoms with E-state index in [4.69, 9.17) is 5.11 Å². The van der Waals surface area contributed by atoms with Crippen LogP contribution >= 0.6 is 0 Å². The van der Waals surface area contributed by atoms with Gasteiger partial charge in [-0.1, -0.05) is 18.2 Å². The second-order valence-corrected chi connectivity index (χ2v) is 4.27. The Hall–Kier alpha value is -2.96. The van der Waals surface area contributed by atoms with Gasteiger partial charge in [0.1, 0.15) is 11.6 Å². The van der Waals surface area contributed by atoms with Crippen molar-refractivity contribution < 1.29 is 19.2 Å². The lowest BCUT2D eigenvalue weighted by Crippen LogP contribution is -2.16. The van der Waals surface area contributed by atoms with E-state index in [9.17, 15) is 19.3 Å². The molecule has 2 N–H and O–H groups in total. The molecule has 2 aromatic carbocycles. The molecule has 0 saturated carbocycles. The number of hydrogen-bond acceptors (Lipinski definition) is 4. The van der Waals surface area contributed by atoms with Gasteiger partial charge < -0.3 is 10.4 Å². The number of halogens is 1. The Morgan fingerprint density at radius 1 is 1.29 bits per heavy atom. The maximum Gasteiger partial charge on any atom is 0.273 e. The van der Waals surface area contributed by atoms with E-state index in [2.05, 4.69) is 5.32 Å². The largest absolute Gasteiger partial charge is 0.508 e. The molecule has 2 aromatic rings. The van der Waals surface area contributed by atoms with Crippen molar-refractivity contribution in [3.05, 3.63) is 64.0 Å². The third-order valence-electron chi connectivity index (χ3n) is 2.77. The number of rotatable bonds is 4. The number of phenols is 1. The molecule has 0 unspecified atom stereocenters. The van der Waals surface area contributed by atoms with Crippen molar-refractivity contribution in [2.24, 2.45) is 0 Å². The van der Waals surface area contributed by atoms with Crippen LogP contribution in [0.3, 0.4) is 0 Å². The summed E-state index contributed by atoms with van der Waals surface area (Å²) < 4.78 is 13.5. The quantitative estimate of drug-likeness (QED) is 0.514. The van der Waals surface area contributed by atoms with Gasteiger partial charge in [0.15, 0.2) is 0 Å². The first-order valence-corrected chi connectivity index (χ1v) is 5.98. The molecule has 0 spiro atoms. The SMILES string of the molecule is O=C(Cc1ccccc1[N+](=O)[O-])Nc1ccc(O)cc1F. The van der Waals surface area contributed by atoms with Gasteiger partial charge in [-0.3, -0.25) is 14.9 Å². The first kappa shape index (κ1) is 14.4. The highest BCUT2D eigenvalue weighted by Gasteiger charge is 2.16. The second-order valence-electron chi connectivity index (χ2n) is 4.27. The Labute approximate surface area is 119 Å². The minimum Gasteiger partial charge on any atom is -0.508 e. The summed E-state index contributed by atoms with van der Waals surface area (Å²) in [5.41, 5.74) is -0.0330. The van der Waals surface area contributed by atoms with Gasteiger partial charge in [0.25, 0.3) is 5.69 Å². The maximum absolute atomic E-state index is 13.5. The van der Waals surface area contributed by atoms with Crippen LogP contribution < -0.4 is 5.32 Å². The molecule has 0 aliphatic rings. The van der Waals surface area contributed by atoms with Gasteiger partial charge in [0.2, 0.25) is 5.91 Å². The van der Waals surface area contributed by atoms with E-state index in [0.717, 1.165) is 6.07 Å². The standard InChI is InChI=1S/C14H11FN2O4/c15-11-8-10(18)5-6-12(11)16-14(19)7-9-3-1-2-4-13(9)17(20)21/h1-6,8,18H,7H2,(H,16,19). The molecule has 0 aliphatic carbocycles. The Kier molecular flexibility index (Phi) is 4.13.